The molecule has 2 aromatic heterocycles. The molecule has 0 saturated carbocycles. The topological polar surface area (TPSA) is 50.9 Å². The molecule has 4 nitrogen and oxygen atoms in total. The maximum absolute atomic E-state index is 12.9. The molecule has 4 rings (SSSR count). The Morgan fingerprint density at radius 1 is 1.07 bits per heavy atom. The van der Waals surface area contributed by atoms with Gasteiger partial charge in [0.1, 0.15) is 5.75 Å². The maximum Gasteiger partial charge on any atom is 0.417 e. The van der Waals surface area contributed by atoms with Gasteiger partial charge >= 0.3 is 6.18 Å². The third kappa shape index (κ3) is 3.07. The first-order valence-electron chi connectivity index (χ1n) is 8.26. The fourth-order valence-electron chi connectivity index (χ4n) is 3.08. The van der Waals surface area contributed by atoms with Crippen LogP contribution in [0.25, 0.3) is 27.8 Å². The molecule has 0 atom stereocenters. The SMILES string of the molecule is Cc1cc(-c2c(O)ccc3ccccc23)nn1-c1ncc(C(F)(F)F)cc1Cl. The number of phenols is 1. The highest BCUT2D eigenvalue weighted by Gasteiger charge is 2.32. The summed E-state index contributed by atoms with van der Waals surface area (Å²) in [5.74, 6) is 0.132. The molecule has 28 heavy (non-hydrogen) atoms. The third-order valence-electron chi connectivity index (χ3n) is 4.40. The number of aromatic hydroxyl groups is 1. The van der Waals surface area contributed by atoms with Crippen LogP contribution in [0.15, 0.2) is 54.7 Å². The van der Waals surface area contributed by atoms with E-state index in [4.69, 9.17) is 11.6 Å². The number of fused-ring (bicyclic) bond motifs is 1. The number of phenolic OH excluding ortho intramolecular Hbond substituents is 1. The summed E-state index contributed by atoms with van der Waals surface area (Å²) in [5.41, 5.74) is 0.669. The van der Waals surface area contributed by atoms with E-state index in [-0.39, 0.29) is 16.6 Å². The minimum atomic E-state index is -4.53. The number of benzene rings is 2. The smallest absolute Gasteiger partial charge is 0.417 e. The van der Waals surface area contributed by atoms with Crippen molar-refractivity contribution in [3.8, 4) is 22.8 Å². The van der Waals surface area contributed by atoms with Gasteiger partial charge in [-0.25, -0.2) is 9.67 Å². The number of rotatable bonds is 2. The molecule has 1 N–H and O–H groups in total. The summed E-state index contributed by atoms with van der Waals surface area (Å²) in [5, 5.41) is 16.4. The van der Waals surface area contributed by atoms with Crippen LogP contribution in [-0.4, -0.2) is 19.9 Å². The Morgan fingerprint density at radius 2 is 1.82 bits per heavy atom. The number of pyridine rings is 1. The highest BCUT2D eigenvalue weighted by Crippen LogP contribution is 2.37. The van der Waals surface area contributed by atoms with E-state index in [0.29, 0.717) is 17.0 Å². The summed E-state index contributed by atoms with van der Waals surface area (Å²) in [6, 6.07) is 13.4. The van der Waals surface area contributed by atoms with Gasteiger partial charge in [0.25, 0.3) is 0 Å². The Morgan fingerprint density at radius 3 is 2.54 bits per heavy atom. The molecule has 0 radical (unpaired) electrons. The molecule has 0 saturated heterocycles. The first-order chi connectivity index (χ1) is 13.3. The van der Waals surface area contributed by atoms with Gasteiger partial charge in [0.05, 0.1) is 21.8 Å². The van der Waals surface area contributed by atoms with Gasteiger partial charge in [0.2, 0.25) is 0 Å². The van der Waals surface area contributed by atoms with Crippen LogP contribution in [0, 0.1) is 6.92 Å². The number of hydrogen-bond acceptors (Lipinski definition) is 3. The summed E-state index contributed by atoms with van der Waals surface area (Å²) in [6.07, 6.45) is -3.81. The van der Waals surface area contributed by atoms with E-state index >= 15 is 0 Å². The molecule has 4 aromatic rings. The number of halogens is 4. The Hall–Kier alpha value is -3.06. The highest BCUT2D eigenvalue weighted by molar-refractivity contribution is 6.32. The number of hydrogen-bond donors (Lipinski definition) is 1. The second-order valence-corrected chi connectivity index (χ2v) is 6.70. The quantitative estimate of drug-likeness (QED) is 0.462. The van der Waals surface area contributed by atoms with Crippen molar-refractivity contribution in [1.29, 1.82) is 0 Å². The van der Waals surface area contributed by atoms with E-state index in [2.05, 4.69) is 10.1 Å². The molecular formula is C20H13ClF3N3O. The lowest BCUT2D eigenvalue weighted by Crippen LogP contribution is -2.09. The minimum absolute atomic E-state index is 0.0508. The normalized spacial score (nSPS) is 11.9. The third-order valence-corrected chi connectivity index (χ3v) is 4.68. The fourth-order valence-corrected chi connectivity index (χ4v) is 3.33. The van der Waals surface area contributed by atoms with E-state index in [1.807, 2.05) is 24.3 Å². The second kappa shape index (κ2) is 6.53. The lowest BCUT2D eigenvalue weighted by atomic mass is 10.0. The molecule has 0 unspecified atom stereocenters. The minimum Gasteiger partial charge on any atom is -0.507 e. The van der Waals surface area contributed by atoms with Crippen LogP contribution in [0.4, 0.5) is 13.2 Å². The van der Waals surface area contributed by atoms with E-state index < -0.39 is 11.7 Å². The molecule has 0 spiro atoms. The largest absolute Gasteiger partial charge is 0.507 e. The molecule has 0 bridgehead atoms. The van der Waals surface area contributed by atoms with Crippen molar-refractivity contribution in [3.05, 3.63) is 71.0 Å². The van der Waals surface area contributed by atoms with Gasteiger partial charge in [-0.1, -0.05) is 41.9 Å². The first kappa shape index (κ1) is 18.3. The molecule has 0 aliphatic heterocycles. The maximum atomic E-state index is 12.9. The van der Waals surface area contributed by atoms with Crippen LogP contribution in [0.1, 0.15) is 11.3 Å². The number of aromatic nitrogens is 3. The van der Waals surface area contributed by atoms with Gasteiger partial charge in [-0.05, 0) is 35.9 Å². The van der Waals surface area contributed by atoms with Crippen molar-refractivity contribution < 1.29 is 18.3 Å². The molecule has 8 heteroatoms. The van der Waals surface area contributed by atoms with Crippen LogP contribution < -0.4 is 0 Å². The van der Waals surface area contributed by atoms with Gasteiger partial charge in [0.15, 0.2) is 5.82 Å². The van der Waals surface area contributed by atoms with Gasteiger partial charge in [-0.3, -0.25) is 0 Å². The van der Waals surface area contributed by atoms with Crippen molar-refractivity contribution in [2.75, 3.05) is 0 Å². The molecular weight excluding hydrogens is 391 g/mol. The molecule has 0 aliphatic rings. The predicted molar refractivity (Wildman–Crippen MR) is 101 cm³/mol. The lowest BCUT2D eigenvalue weighted by Gasteiger charge is -2.10. The van der Waals surface area contributed by atoms with E-state index in [1.165, 1.54) is 4.68 Å². The van der Waals surface area contributed by atoms with Crippen molar-refractivity contribution in [3.63, 3.8) is 0 Å². The summed E-state index contributed by atoms with van der Waals surface area (Å²) in [4.78, 5) is 3.85. The van der Waals surface area contributed by atoms with Gasteiger partial charge in [0, 0.05) is 11.9 Å². The lowest BCUT2D eigenvalue weighted by molar-refractivity contribution is -0.137. The predicted octanol–water partition coefficient (Wildman–Crippen LogP) is 5.77. The molecule has 142 valence electrons. The van der Waals surface area contributed by atoms with Crippen LogP contribution >= 0.6 is 11.6 Å². The molecule has 0 amide bonds. The van der Waals surface area contributed by atoms with Gasteiger partial charge < -0.3 is 5.11 Å². The zero-order valence-corrected chi connectivity index (χ0v) is 15.3. The van der Waals surface area contributed by atoms with Crippen LogP contribution in [0.5, 0.6) is 5.75 Å². The number of nitrogens with zero attached hydrogens (tertiary/aromatic N) is 3. The summed E-state index contributed by atoms with van der Waals surface area (Å²) in [6.45, 7) is 1.73. The average Bonchev–Trinajstić information content (AvgIpc) is 3.01. The van der Waals surface area contributed by atoms with Crippen molar-refractivity contribution in [2.24, 2.45) is 0 Å². The Kier molecular flexibility index (Phi) is 4.27. The van der Waals surface area contributed by atoms with Crippen LogP contribution in [-0.2, 0) is 6.18 Å². The molecule has 2 heterocycles. The van der Waals surface area contributed by atoms with Crippen molar-refractivity contribution >= 4 is 22.4 Å². The van der Waals surface area contributed by atoms with E-state index in [1.54, 1.807) is 25.1 Å². The number of alkyl halides is 3. The average molecular weight is 404 g/mol. The number of aryl methyl sites for hydroxylation is 1. The van der Waals surface area contributed by atoms with E-state index in [0.717, 1.165) is 23.0 Å². The molecule has 2 aromatic carbocycles. The summed E-state index contributed by atoms with van der Waals surface area (Å²) in [7, 11) is 0. The van der Waals surface area contributed by atoms with Crippen molar-refractivity contribution in [2.45, 2.75) is 13.1 Å². The highest BCUT2D eigenvalue weighted by atomic mass is 35.5. The molecule has 0 fully saturated rings. The first-order valence-corrected chi connectivity index (χ1v) is 8.64. The van der Waals surface area contributed by atoms with Gasteiger partial charge in [-0.15, -0.1) is 0 Å². The van der Waals surface area contributed by atoms with Gasteiger partial charge in [-0.2, -0.15) is 18.3 Å². The Labute approximate surface area is 162 Å². The second-order valence-electron chi connectivity index (χ2n) is 6.29. The summed E-state index contributed by atoms with van der Waals surface area (Å²) < 4.78 is 39.9. The Balaban J connectivity index is 1.87. The van der Waals surface area contributed by atoms with Crippen LogP contribution in [0.3, 0.4) is 0 Å². The Bertz CT molecular complexity index is 1200. The zero-order valence-electron chi connectivity index (χ0n) is 14.5. The molecule has 0 aliphatic carbocycles. The monoisotopic (exact) mass is 403 g/mol. The standard InChI is InChI=1S/C20H13ClF3N3O/c1-11-8-16(18-14-5-3-2-4-12(14)6-7-17(18)28)26-27(11)19-15(21)9-13(10-25-19)20(22,23)24/h2-10,28H,1H3. The summed E-state index contributed by atoms with van der Waals surface area (Å²) >= 11 is 6.05. The zero-order chi connectivity index (χ0) is 20.1. The van der Waals surface area contributed by atoms with E-state index in [9.17, 15) is 18.3 Å². The fraction of sp³-hybridized carbons (Fsp3) is 0.100. The van der Waals surface area contributed by atoms with Crippen LogP contribution in [0.2, 0.25) is 5.02 Å². The van der Waals surface area contributed by atoms with Crippen molar-refractivity contribution in [1.82, 2.24) is 14.8 Å².